The molecule has 2 aromatic rings. The van der Waals surface area contributed by atoms with Crippen molar-refractivity contribution < 1.29 is 25.8 Å². The molecule has 0 aliphatic carbocycles. The molecule has 0 bridgehead atoms. The first-order valence-corrected chi connectivity index (χ1v) is 7.80. The van der Waals surface area contributed by atoms with E-state index < -0.39 is 21.4 Å². The van der Waals surface area contributed by atoms with E-state index in [0.29, 0.717) is 11.4 Å². The summed E-state index contributed by atoms with van der Waals surface area (Å²) in [5.74, 6) is -0.391. The number of halogens is 4. The van der Waals surface area contributed by atoms with E-state index in [9.17, 15) is 21.6 Å². The highest BCUT2D eigenvalue weighted by atomic mass is 35.5. The Hall–Kier alpha value is -1.73. The van der Waals surface area contributed by atoms with Crippen LogP contribution in [0.3, 0.4) is 0 Å². The highest BCUT2D eigenvalue weighted by Gasteiger charge is 2.48. The second kappa shape index (κ2) is 6.18. The smallest absolute Gasteiger partial charge is 0.376 e. The molecular weight excluding hydrogens is 341 g/mol. The van der Waals surface area contributed by atoms with E-state index in [1.54, 1.807) is 12.1 Å². The third-order valence-electron chi connectivity index (χ3n) is 2.73. The highest BCUT2D eigenvalue weighted by Crippen LogP contribution is 2.27. The fraction of sp³-hybridized carbons (Fsp3) is 0.143. The van der Waals surface area contributed by atoms with Crippen LogP contribution in [-0.4, -0.2) is 13.9 Å². The van der Waals surface area contributed by atoms with Crippen LogP contribution >= 0.6 is 11.6 Å². The van der Waals surface area contributed by atoms with Crippen molar-refractivity contribution in [2.45, 2.75) is 11.9 Å². The molecule has 0 saturated heterocycles. The Morgan fingerprint density at radius 2 is 1.36 bits per heavy atom. The van der Waals surface area contributed by atoms with E-state index in [2.05, 4.69) is 4.18 Å². The van der Waals surface area contributed by atoms with Gasteiger partial charge in [0.25, 0.3) is 0 Å². The molecule has 22 heavy (non-hydrogen) atoms. The summed E-state index contributed by atoms with van der Waals surface area (Å²) in [6.45, 7) is 0. The largest absolute Gasteiger partial charge is 0.534 e. The first-order chi connectivity index (χ1) is 10.2. The molecule has 0 unspecified atom stereocenters. The average molecular weight is 351 g/mol. The van der Waals surface area contributed by atoms with Gasteiger partial charge in [0, 0.05) is 5.02 Å². The van der Waals surface area contributed by atoms with Crippen LogP contribution in [0.4, 0.5) is 13.2 Å². The maximum atomic E-state index is 12.2. The lowest BCUT2D eigenvalue weighted by Crippen LogP contribution is -2.28. The molecule has 118 valence electrons. The molecule has 0 heterocycles. The van der Waals surface area contributed by atoms with Crippen LogP contribution in [0.25, 0.3) is 0 Å². The summed E-state index contributed by atoms with van der Waals surface area (Å²) in [4.78, 5) is 0. The minimum absolute atomic E-state index is 0.391. The number of benzene rings is 2. The van der Waals surface area contributed by atoms with E-state index in [4.69, 9.17) is 11.6 Å². The summed E-state index contributed by atoms with van der Waals surface area (Å²) < 4.78 is 62.3. The second-order valence-corrected chi connectivity index (χ2v) is 6.40. The van der Waals surface area contributed by atoms with Crippen molar-refractivity contribution in [3.8, 4) is 5.75 Å². The lowest BCUT2D eigenvalue weighted by molar-refractivity contribution is -0.0500. The van der Waals surface area contributed by atoms with Gasteiger partial charge >= 0.3 is 15.6 Å². The van der Waals surface area contributed by atoms with Crippen LogP contribution in [-0.2, 0) is 16.5 Å². The number of rotatable bonds is 4. The van der Waals surface area contributed by atoms with E-state index in [-0.39, 0.29) is 0 Å². The minimum Gasteiger partial charge on any atom is -0.376 e. The van der Waals surface area contributed by atoms with Crippen LogP contribution < -0.4 is 4.18 Å². The Bertz CT molecular complexity index is 738. The molecule has 0 aliphatic heterocycles. The van der Waals surface area contributed by atoms with Crippen molar-refractivity contribution in [2.75, 3.05) is 0 Å². The second-order valence-electron chi connectivity index (χ2n) is 4.43. The first-order valence-electron chi connectivity index (χ1n) is 6.01. The third kappa shape index (κ3) is 4.14. The van der Waals surface area contributed by atoms with Crippen LogP contribution in [0.15, 0.2) is 48.5 Å². The summed E-state index contributed by atoms with van der Waals surface area (Å²) in [6, 6.07) is 12.4. The van der Waals surface area contributed by atoms with Crippen LogP contribution in [0.1, 0.15) is 11.1 Å². The Labute approximate surface area is 130 Å². The molecule has 0 aromatic heterocycles. The van der Waals surface area contributed by atoms with Gasteiger partial charge in [-0.1, -0.05) is 35.9 Å². The lowest BCUT2D eigenvalue weighted by atomic mass is 10.1. The molecule has 2 aromatic carbocycles. The summed E-state index contributed by atoms with van der Waals surface area (Å²) in [5.41, 5.74) is -3.70. The zero-order valence-electron chi connectivity index (χ0n) is 11.0. The maximum absolute atomic E-state index is 12.2. The van der Waals surface area contributed by atoms with Gasteiger partial charge in [-0.15, -0.1) is 0 Å². The van der Waals surface area contributed by atoms with E-state index in [1.807, 2.05) is 12.1 Å². The molecule has 0 amide bonds. The van der Waals surface area contributed by atoms with E-state index >= 15 is 0 Å². The number of hydrogen-bond acceptors (Lipinski definition) is 3. The predicted molar refractivity (Wildman–Crippen MR) is 76.3 cm³/mol. The molecule has 0 N–H and O–H groups in total. The topological polar surface area (TPSA) is 43.4 Å². The maximum Gasteiger partial charge on any atom is 0.534 e. The predicted octanol–water partition coefficient (Wildman–Crippen LogP) is 4.16. The number of hydrogen-bond donors (Lipinski definition) is 0. The van der Waals surface area contributed by atoms with E-state index in [1.165, 1.54) is 24.3 Å². The molecule has 0 aliphatic rings. The Kier molecular flexibility index (Phi) is 4.67. The van der Waals surface area contributed by atoms with Crippen LogP contribution in [0, 0.1) is 0 Å². The van der Waals surface area contributed by atoms with Gasteiger partial charge in [0.15, 0.2) is 0 Å². The zero-order valence-corrected chi connectivity index (χ0v) is 12.5. The Balaban J connectivity index is 2.09. The number of alkyl halides is 3. The summed E-state index contributed by atoms with van der Waals surface area (Å²) >= 11 is 5.77. The SMILES string of the molecule is O=S(=O)(Oc1ccc(Cc2ccc(Cl)cc2)cc1)C(F)(F)F. The van der Waals surface area contributed by atoms with Crippen molar-refractivity contribution in [3.05, 3.63) is 64.7 Å². The van der Waals surface area contributed by atoms with E-state index in [0.717, 1.165) is 11.1 Å². The van der Waals surface area contributed by atoms with Gasteiger partial charge in [-0.05, 0) is 41.8 Å². The quantitative estimate of drug-likeness (QED) is 0.614. The molecule has 0 radical (unpaired) electrons. The van der Waals surface area contributed by atoms with Crippen LogP contribution in [0.5, 0.6) is 5.75 Å². The van der Waals surface area contributed by atoms with Crippen LogP contribution in [0.2, 0.25) is 5.02 Å². The fourth-order valence-electron chi connectivity index (χ4n) is 1.67. The van der Waals surface area contributed by atoms with Crippen molar-refractivity contribution >= 4 is 21.7 Å². The Morgan fingerprint density at radius 1 is 0.909 bits per heavy atom. The highest BCUT2D eigenvalue weighted by molar-refractivity contribution is 7.88. The minimum atomic E-state index is -5.64. The van der Waals surface area contributed by atoms with Gasteiger partial charge in [-0.25, -0.2) is 0 Å². The monoisotopic (exact) mass is 350 g/mol. The summed E-state index contributed by atoms with van der Waals surface area (Å²) in [6.07, 6.45) is 0.531. The molecular formula is C14H10ClF3O3S. The fourth-order valence-corrected chi connectivity index (χ4v) is 2.26. The van der Waals surface area contributed by atoms with Gasteiger partial charge in [-0.3, -0.25) is 0 Å². The molecule has 2 rings (SSSR count). The van der Waals surface area contributed by atoms with Gasteiger partial charge in [-0.2, -0.15) is 21.6 Å². The standard InChI is InChI=1S/C14H10ClF3O3S/c15-12-5-1-10(2-6-12)9-11-3-7-13(8-4-11)21-22(19,20)14(16,17)18/h1-8H,9H2. The first kappa shape index (κ1) is 16.6. The average Bonchev–Trinajstić information content (AvgIpc) is 2.42. The van der Waals surface area contributed by atoms with Gasteiger partial charge < -0.3 is 4.18 Å². The molecule has 3 nitrogen and oxygen atoms in total. The molecule has 0 spiro atoms. The van der Waals surface area contributed by atoms with Gasteiger partial charge in [0.1, 0.15) is 5.75 Å². The normalized spacial score (nSPS) is 12.2. The molecule has 0 fully saturated rings. The summed E-state index contributed by atoms with van der Waals surface area (Å²) in [5, 5.41) is 0.602. The molecule has 8 heteroatoms. The zero-order chi connectivity index (χ0) is 16.4. The third-order valence-corrected chi connectivity index (χ3v) is 3.97. The van der Waals surface area contributed by atoms with Gasteiger partial charge in [0.05, 0.1) is 0 Å². The lowest BCUT2D eigenvalue weighted by Gasteiger charge is -2.10. The Morgan fingerprint density at radius 3 is 1.82 bits per heavy atom. The van der Waals surface area contributed by atoms with Crippen molar-refractivity contribution in [1.82, 2.24) is 0 Å². The van der Waals surface area contributed by atoms with Crippen molar-refractivity contribution in [2.24, 2.45) is 0 Å². The van der Waals surface area contributed by atoms with Crippen molar-refractivity contribution in [1.29, 1.82) is 0 Å². The van der Waals surface area contributed by atoms with Gasteiger partial charge in [0.2, 0.25) is 0 Å². The molecule has 0 atom stereocenters. The summed E-state index contributed by atoms with van der Waals surface area (Å²) in [7, 11) is -5.64. The molecule has 0 saturated carbocycles. The van der Waals surface area contributed by atoms with Crippen molar-refractivity contribution in [3.63, 3.8) is 0 Å².